The van der Waals surface area contributed by atoms with Crippen LogP contribution in [0.1, 0.15) is 11.4 Å². The van der Waals surface area contributed by atoms with Gasteiger partial charge in [0, 0.05) is 18.8 Å². The van der Waals surface area contributed by atoms with Crippen molar-refractivity contribution in [3.63, 3.8) is 0 Å². The molecule has 3 heterocycles. The maximum Gasteiger partial charge on any atom is 0.417 e. The number of nitrogens with one attached hydrogen (secondary N) is 3. The van der Waals surface area contributed by atoms with Gasteiger partial charge < -0.3 is 9.73 Å². The minimum absolute atomic E-state index is 0.0288. The molecule has 0 fully saturated rings. The van der Waals surface area contributed by atoms with Gasteiger partial charge in [0.1, 0.15) is 5.82 Å². The predicted octanol–water partition coefficient (Wildman–Crippen LogP) is 1.10. The number of fused-ring (bicyclic) bond motifs is 1. The van der Waals surface area contributed by atoms with Gasteiger partial charge in [0.2, 0.25) is 10.0 Å². The van der Waals surface area contributed by atoms with Crippen LogP contribution >= 0.6 is 0 Å². The molecule has 0 radical (unpaired) electrons. The summed E-state index contributed by atoms with van der Waals surface area (Å²) < 4.78 is 33.9. The van der Waals surface area contributed by atoms with Gasteiger partial charge in [-0.05, 0) is 50.2 Å². The van der Waals surface area contributed by atoms with Crippen LogP contribution in [0.3, 0.4) is 0 Å². The zero-order chi connectivity index (χ0) is 21.3. The van der Waals surface area contributed by atoms with Gasteiger partial charge in [0.05, 0.1) is 16.1 Å². The number of aryl methyl sites for hydroxylation is 2. The summed E-state index contributed by atoms with van der Waals surface area (Å²) in [5.41, 5.74) is 2.46. The lowest BCUT2D eigenvalue weighted by atomic mass is 10.3. The zero-order valence-corrected chi connectivity index (χ0v) is 17.0. The zero-order valence-electron chi connectivity index (χ0n) is 16.2. The number of hydrogen-bond donors (Lipinski definition) is 3. The fraction of sp³-hybridized carbons (Fsp3) is 0.222. The largest absolute Gasteiger partial charge is 0.417 e. The van der Waals surface area contributed by atoms with Gasteiger partial charge in [-0.2, -0.15) is 5.10 Å². The summed E-state index contributed by atoms with van der Waals surface area (Å²) in [6.07, 6.45) is 0. The Morgan fingerprint density at radius 3 is 2.63 bits per heavy atom. The molecular formula is C18H19N7O4S. The second-order valence-electron chi connectivity index (χ2n) is 6.61. The first-order chi connectivity index (χ1) is 14.3. The van der Waals surface area contributed by atoms with E-state index in [0.717, 1.165) is 11.4 Å². The Kier molecular flexibility index (Phi) is 5.10. The minimum atomic E-state index is -3.74. The van der Waals surface area contributed by atoms with Gasteiger partial charge in [-0.25, -0.2) is 22.6 Å². The van der Waals surface area contributed by atoms with E-state index in [9.17, 15) is 13.2 Å². The van der Waals surface area contributed by atoms with Crippen LogP contribution in [0.5, 0.6) is 0 Å². The van der Waals surface area contributed by atoms with Crippen LogP contribution in [0.2, 0.25) is 0 Å². The van der Waals surface area contributed by atoms with Gasteiger partial charge >= 0.3 is 5.76 Å². The van der Waals surface area contributed by atoms with Gasteiger partial charge in [0.15, 0.2) is 11.4 Å². The Hall–Kier alpha value is -3.51. The minimum Gasteiger partial charge on any atom is -0.408 e. The number of anilines is 1. The number of benzene rings is 1. The SMILES string of the molecule is Cc1cc(C)n(-c2ccc(NCCNS(=O)(=O)c3ccc4oc(=O)[nH]c4c3)nn2)n1. The van der Waals surface area contributed by atoms with Crippen LogP contribution in [0.25, 0.3) is 16.9 Å². The van der Waals surface area contributed by atoms with Crippen molar-refractivity contribution in [1.29, 1.82) is 0 Å². The van der Waals surface area contributed by atoms with Crippen LogP contribution in [0.15, 0.2) is 50.5 Å². The smallest absolute Gasteiger partial charge is 0.408 e. The molecule has 1 aromatic carbocycles. The topological polar surface area (TPSA) is 148 Å². The summed E-state index contributed by atoms with van der Waals surface area (Å²) in [4.78, 5) is 13.7. The fourth-order valence-electron chi connectivity index (χ4n) is 2.95. The highest BCUT2D eigenvalue weighted by Gasteiger charge is 2.15. The molecule has 0 bridgehead atoms. The van der Waals surface area contributed by atoms with Crippen molar-refractivity contribution in [3.8, 4) is 5.82 Å². The van der Waals surface area contributed by atoms with Crippen LogP contribution in [0, 0.1) is 13.8 Å². The third kappa shape index (κ3) is 4.09. The van der Waals surface area contributed by atoms with E-state index in [-0.39, 0.29) is 11.4 Å². The van der Waals surface area contributed by atoms with Gasteiger partial charge in [0.25, 0.3) is 0 Å². The molecule has 11 nitrogen and oxygen atoms in total. The Balaban J connectivity index is 1.34. The third-order valence-electron chi connectivity index (χ3n) is 4.30. The molecule has 0 aliphatic heterocycles. The molecule has 0 unspecified atom stereocenters. The second kappa shape index (κ2) is 7.72. The Bertz CT molecular complexity index is 1350. The lowest BCUT2D eigenvalue weighted by Crippen LogP contribution is -2.29. The highest BCUT2D eigenvalue weighted by atomic mass is 32.2. The number of rotatable bonds is 7. The van der Waals surface area contributed by atoms with Crippen molar-refractivity contribution >= 4 is 26.9 Å². The van der Waals surface area contributed by atoms with Crippen LogP contribution in [0.4, 0.5) is 5.82 Å². The lowest BCUT2D eigenvalue weighted by molar-refractivity contribution is 0.555. The van der Waals surface area contributed by atoms with Gasteiger partial charge in [-0.1, -0.05) is 0 Å². The first-order valence-electron chi connectivity index (χ1n) is 9.06. The molecule has 0 atom stereocenters. The molecule has 12 heteroatoms. The van der Waals surface area contributed by atoms with E-state index in [1.54, 1.807) is 16.8 Å². The summed E-state index contributed by atoms with van der Waals surface area (Å²) in [7, 11) is -3.74. The van der Waals surface area contributed by atoms with Crippen molar-refractivity contribution in [3.05, 3.63) is 58.3 Å². The molecule has 3 N–H and O–H groups in total. The average Bonchev–Trinajstić information content (AvgIpc) is 3.25. The number of oxazole rings is 1. The second-order valence-corrected chi connectivity index (χ2v) is 8.38. The maximum atomic E-state index is 12.4. The van der Waals surface area contributed by atoms with E-state index in [1.807, 2.05) is 19.9 Å². The molecule has 4 aromatic rings. The first kappa shape index (κ1) is 19.8. The Labute approximate surface area is 171 Å². The highest BCUT2D eigenvalue weighted by molar-refractivity contribution is 7.89. The molecule has 156 valence electrons. The Morgan fingerprint density at radius 2 is 1.93 bits per heavy atom. The van der Waals surface area contributed by atoms with Crippen molar-refractivity contribution < 1.29 is 12.8 Å². The van der Waals surface area contributed by atoms with E-state index >= 15 is 0 Å². The number of H-pyrrole nitrogens is 1. The number of aromatic nitrogens is 5. The summed E-state index contributed by atoms with van der Waals surface area (Å²) in [6.45, 7) is 4.27. The molecule has 4 rings (SSSR count). The molecular weight excluding hydrogens is 410 g/mol. The van der Waals surface area contributed by atoms with Crippen molar-refractivity contribution in [2.24, 2.45) is 0 Å². The van der Waals surface area contributed by atoms with Crippen LogP contribution in [-0.2, 0) is 10.0 Å². The normalized spacial score (nSPS) is 11.8. The number of hydrogen-bond acceptors (Lipinski definition) is 8. The standard InChI is InChI=1S/C18H19N7O4S/c1-11-9-12(2)25(24-11)17-6-5-16(22-23-17)19-7-8-20-30(27,28)13-3-4-15-14(10-13)21-18(26)29-15/h3-6,9-10,20H,7-8H2,1-2H3,(H,19,22)(H,21,26). The maximum absolute atomic E-state index is 12.4. The molecule has 3 aromatic heterocycles. The Morgan fingerprint density at radius 1 is 1.10 bits per heavy atom. The molecule has 0 aliphatic carbocycles. The van der Waals surface area contributed by atoms with Crippen LogP contribution in [-0.4, -0.2) is 46.5 Å². The highest BCUT2D eigenvalue weighted by Crippen LogP contribution is 2.16. The van der Waals surface area contributed by atoms with E-state index in [2.05, 4.69) is 30.3 Å². The molecule has 0 amide bonds. The fourth-order valence-corrected chi connectivity index (χ4v) is 4.01. The predicted molar refractivity (Wildman–Crippen MR) is 109 cm³/mol. The first-order valence-corrected chi connectivity index (χ1v) is 10.5. The van der Waals surface area contributed by atoms with Crippen LogP contribution < -0.4 is 15.8 Å². The van der Waals surface area contributed by atoms with Crippen molar-refractivity contribution in [2.45, 2.75) is 18.7 Å². The molecule has 0 saturated heterocycles. The average molecular weight is 429 g/mol. The van der Waals surface area contributed by atoms with E-state index in [1.165, 1.54) is 18.2 Å². The summed E-state index contributed by atoms with van der Waals surface area (Å²) in [6, 6.07) is 9.62. The van der Waals surface area contributed by atoms with E-state index in [0.29, 0.717) is 29.3 Å². The molecule has 0 aliphatic rings. The molecule has 30 heavy (non-hydrogen) atoms. The van der Waals surface area contributed by atoms with E-state index < -0.39 is 15.8 Å². The van der Waals surface area contributed by atoms with Gasteiger partial charge in [-0.3, -0.25) is 4.98 Å². The summed E-state index contributed by atoms with van der Waals surface area (Å²) in [5, 5.41) is 15.6. The number of sulfonamides is 1. The summed E-state index contributed by atoms with van der Waals surface area (Å²) in [5.74, 6) is 0.470. The van der Waals surface area contributed by atoms with Gasteiger partial charge in [-0.15, -0.1) is 10.2 Å². The van der Waals surface area contributed by atoms with Crippen molar-refractivity contribution in [2.75, 3.05) is 18.4 Å². The van der Waals surface area contributed by atoms with E-state index in [4.69, 9.17) is 4.42 Å². The lowest BCUT2D eigenvalue weighted by Gasteiger charge is -2.09. The molecule has 0 saturated carbocycles. The third-order valence-corrected chi connectivity index (χ3v) is 5.76. The quantitative estimate of drug-likeness (QED) is 0.370. The number of aromatic amines is 1. The molecule has 0 spiro atoms. The summed E-state index contributed by atoms with van der Waals surface area (Å²) >= 11 is 0. The monoisotopic (exact) mass is 429 g/mol. The number of nitrogens with zero attached hydrogens (tertiary/aromatic N) is 4. The van der Waals surface area contributed by atoms with Crippen molar-refractivity contribution in [1.82, 2.24) is 29.7 Å².